The topological polar surface area (TPSA) is 61.2 Å². The molecule has 0 bridgehead atoms. The SMILES string of the molecule is CCc1ccc(C(=O)COC(=O)c2c(C)nn(Cc3ccccc3)c2C)cc1. The maximum atomic E-state index is 12.6. The van der Waals surface area contributed by atoms with E-state index < -0.39 is 5.97 Å². The number of Topliss-reactive ketones (excluding diaryl/α,β-unsaturated/α-hetero) is 1. The summed E-state index contributed by atoms with van der Waals surface area (Å²) in [7, 11) is 0. The Morgan fingerprint density at radius 3 is 2.29 bits per heavy atom. The van der Waals surface area contributed by atoms with E-state index in [2.05, 4.69) is 12.0 Å². The molecule has 0 amide bonds. The van der Waals surface area contributed by atoms with Crippen LogP contribution in [-0.4, -0.2) is 28.1 Å². The quantitative estimate of drug-likeness (QED) is 0.459. The molecule has 144 valence electrons. The van der Waals surface area contributed by atoms with Gasteiger partial charge in [0.05, 0.1) is 17.9 Å². The van der Waals surface area contributed by atoms with Crippen molar-refractivity contribution in [2.45, 2.75) is 33.7 Å². The Labute approximate surface area is 165 Å². The van der Waals surface area contributed by atoms with E-state index in [0.717, 1.165) is 23.2 Å². The summed E-state index contributed by atoms with van der Waals surface area (Å²) in [5.74, 6) is -0.740. The molecule has 0 aliphatic heterocycles. The van der Waals surface area contributed by atoms with Crippen LogP contribution in [0.3, 0.4) is 0 Å². The van der Waals surface area contributed by atoms with Crippen LogP contribution in [-0.2, 0) is 17.7 Å². The molecule has 1 heterocycles. The highest BCUT2D eigenvalue weighted by atomic mass is 16.5. The number of hydrogen-bond donors (Lipinski definition) is 0. The molecule has 2 aromatic carbocycles. The zero-order chi connectivity index (χ0) is 20.1. The Balaban J connectivity index is 1.67. The Morgan fingerprint density at radius 2 is 1.64 bits per heavy atom. The van der Waals surface area contributed by atoms with Crippen molar-refractivity contribution in [2.75, 3.05) is 6.61 Å². The number of nitrogens with zero attached hydrogens (tertiary/aromatic N) is 2. The molecule has 3 aromatic rings. The number of carbonyl (C=O) groups excluding carboxylic acids is 2. The Morgan fingerprint density at radius 1 is 0.964 bits per heavy atom. The van der Waals surface area contributed by atoms with Gasteiger partial charge in [-0.05, 0) is 31.4 Å². The van der Waals surface area contributed by atoms with E-state index in [1.807, 2.05) is 49.4 Å². The molecule has 0 spiro atoms. The fourth-order valence-corrected chi connectivity index (χ4v) is 3.12. The number of benzene rings is 2. The van der Waals surface area contributed by atoms with Crippen LogP contribution < -0.4 is 0 Å². The second-order valence-corrected chi connectivity index (χ2v) is 6.74. The van der Waals surface area contributed by atoms with Crippen molar-refractivity contribution in [1.82, 2.24) is 9.78 Å². The van der Waals surface area contributed by atoms with E-state index in [1.54, 1.807) is 23.7 Å². The third-order valence-corrected chi connectivity index (χ3v) is 4.78. The average molecular weight is 376 g/mol. The summed E-state index contributed by atoms with van der Waals surface area (Å²) in [6.45, 7) is 5.96. The summed E-state index contributed by atoms with van der Waals surface area (Å²) < 4.78 is 7.07. The van der Waals surface area contributed by atoms with Gasteiger partial charge in [-0.2, -0.15) is 5.10 Å². The van der Waals surface area contributed by atoms with Gasteiger partial charge < -0.3 is 4.74 Å². The van der Waals surface area contributed by atoms with E-state index in [0.29, 0.717) is 23.4 Å². The molecule has 5 nitrogen and oxygen atoms in total. The lowest BCUT2D eigenvalue weighted by Crippen LogP contribution is -2.15. The molecule has 0 unspecified atom stereocenters. The molecule has 0 radical (unpaired) electrons. The first kappa shape index (κ1) is 19.5. The van der Waals surface area contributed by atoms with Crippen LogP contribution >= 0.6 is 0 Å². The monoisotopic (exact) mass is 376 g/mol. The second-order valence-electron chi connectivity index (χ2n) is 6.74. The van der Waals surface area contributed by atoms with Crippen molar-refractivity contribution in [3.63, 3.8) is 0 Å². The maximum Gasteiger partial charge on any atom is 0.342 e. The van der Waals surface area contributed by atoms with Crippen molar-refractivity contribution in [3.8, 4) is 0 Å². The maximum absolute atomic E-state index is 12.6. The van der Waals surface area contributed by atoms with Gasteiger partial charge in [-0.1, -0.05) is 61.5 Å². The lowest BCUT2D eigenvalue weighted by Gasteiger charge is -2.07. The standard InChI is InChI=1S/C23H24N2O3/c1-4-18-10-12-20(13-11-18)21(26)15-28-23(27)22-16(2)24-25(17(22)3)14-19-8-6-5-7-9-19/h5-13H,4,14-15H2,1-3H3. The average Bonchev–Trinajstić information content (AvgIpc) is 2.99. The van der Waals surface area contributed by atoms with Crippen molar-refractivity contribution in [1.29, 1.82) is 0 Å². The number of aryl methyl sites for hydroxylation is 2. The molecule has 0 saturated carbocycles. The predicted molar refractivity (Wildman–Crippen MR) is 108 cm³/mol. The molecule has 0 aliphatic carbocycles. The van der Waals surface area contributed by atoms with E-state index >= 15 is 0 Å². The normalized spacial score (nSPS) is 10.7. The molecule has 0 aliphatic rings. The first-order valence-electron chi connectivity index (χ1n) is 9.36. The highest BCUT2D eigenvalue weighted by Crippen LogP contribution is 2.16. The number of ketones is 1. The van der Waals surface area contributed by atoms with Crippen LogP contribution in [0.1, 0.15) is 50.2 Å². The zero-order valence-electron chi connectivity index (χ0n) is 16.4. The van der Waals surface area contributed by atoms with Gasteiger partial charge in [0.15, 0.2) is 12.4 Å². The first-order valence-corrected chi connectivity index (χ1v) is 9.36. The van der Waals surface area contributed by atoms with Crippen LogP contribution in [0.4, 0.5) is 0 Å². The number of carbonyl (C=O) groups is 2. The number of ether oxygens (including phenoxy) is 1. The number of rotatable bonds is 7. The fraction of sp³-hybridized carbons (Fsp3) is 0.261. The first-order chi connectivity index (χ1) is 13.5. The van der Waals surface area contributed by atoms with E-state index in [-0.39, 0.29) is 12.4 Å². The number of hydrogen-bond acceptors (Lipinski definition) is 4. The summed E-state index contributed by atoms with van der Waals surface area (Å²) in [6, 6.07) is 17.3. The van der Waals surface area contributed by atoms with Gasteiger partial charge in [0.2, 0.25) is 0 Å². The molecule has 3 rings (SSSR count). The fourth-order valence-electron chi connectivity index (χ4n) is 3.12. The van der Waals surface area contributed by atoms with Gasteiger partial charge in [-0.3, -0.25) is 9.48 Å². The van der Waals surface area contributed by atoms with Crippen LogP contribution in [0.2, 0.25) is 0 Å². The van der Waals surface area contributed by atoms with Crippen molar-refractivity contribution in [3.05, 3.63) is 88.2 Å². The van der Waals surface area contributed by atoms with Gasteiger partial charge in [0.25, 0.3) is 0 Å². The molecule has 0 N–H and O–H groups in total. The summed E-state index contributed by atoms with van der Waals surface area (Å²) in [4.78, 5) is 24.9. The lowest BCUT2D eigenvalue weighted by molar-refractivity contribution is 0.0473. The number of esters is 1. The molecule has 0 saturated heterocycles. The largest absolute Gasteiger partial charge is 0.454 e. The molecule has 28 heavy (non-hydrogen) atoms. The smallest absolute Gasteiger partial charge is 0.342 e. The Kier molecular flexibility index (Phi) is 6.04. The van der Waals surface area contributed by atoms with Gasteiger partial charge in [0, 0.05) is 5.56 Å². The van der Waals surface area contributed by atoms with E-state index in [4.69, 9.17) is 4.74 Å². The minimum atomic E-state index is -0.521. The summed E-state index contributed by atoms with van der Waals surface area (Å²) in [5.41, 5.74) is 4.54. The third kappa shape index (κ3) is 4.36. The van der Waals surface area contributed by atoms with Gasteiger partial charge in [0.1, 0.15) is 5.56 Å². The summed E-state index contributed by atoms with van der Waals surface area (Å²) in [6.07, 6.45) is 0.912. The van der Waals surface area contributed by atoms with E-state index in [9.17, 15) is 9.59 Å². The lowest BCUT2D eigenvalue weighted by atomic mass is 10.1. The van der Waals surface area contributed by atoms with Crippen LogP contribution in [0.25, 0.3) is 0 Å². The minimum absolute atomic E-state index is 0.219. The molecule has 1 aromatic heterocycles. The minimum Gasteiger partial charge on any atom is -0.454 e. The number of aromatic nitrogens is 2. The van der Waals surface area contributed by atoms with Crippen molar-refractivity contribution < 1.29 is 14.3 Å². The predicted octanol–water partition coefficient (Wildman–Crippen LogP) is 4.15. The van der Waals surface area contributed by atoms with Crippen LogP contribution in [0, 0.1) is 13.8 Å². The van der Waals surface area contributed by atoms with Crippen LogP contribution in [0.15, 0.2) is 54.6 Å². The summed E-state index contributed by atoms with van der Waals surface area (Å²) >= 11 is 0. The Bertz CT molecular complexity index is 973. The van der Waals surface area contributed by atoms with Crippen molar-refractivity contribution in [2.24, 2.45) is 0 Å². The Hall–Kier alpha value is -3.21. The zero-order valence-corrected chi connectivity index (χ0v) is 16.4. The second kappa shape index (κ2) is 8.65. The van der Waals surface area contributed by atoms with Crippen molar-refractivity contribution >= 4 is 11.8 Å². The molecular formula is C23H24N2O3. The molecular weight excluding hydrogens is 352 g/mol. The van der Waals surface area contributed by atoms with Gasteiger partial charge >= 0.3 is 5.97 Å². The molecule has 0 fully saturated rings. The molecule has 0 atom stereocenters. The van der Waals surface area contributed by atoms with Gasteiger partial charge in [-0.25, -0.2) is 4.79 Å². The van der Waals surface area contributed by atoms with Crippen LogP contribution in [0.5, 0.6) is 0 Å². The van der Waals surface area contributed by atoms with Gasteiger partial charge in [-0.15, -0.1) is 0 Å². The van der Waals surface area contributed by atoms with E-state index in [1.165, 1.54) is 0 Å². The summed E-state index contributed by atoms with van der Waals surface area (Å²) in [5, 5.41) is 4.46. The molecule has 5 heteroatoms. The highest BCUT2D eigenvalue weighted by Gasteiger charge is 2.21. The highest BCUT2D eigenvalue weighted by molar-refractivity contribution is 5.99. The third-order valence-electron chi connectivity index (χ3n) is 4.78.